The van der Waals surface area contributed by atoms with E-state index in [1.807, 2.05) is 31.2 Å². The van der Waals surface area contributed by atoms with Gasteiger partial charge in [-0.3, -0.25) is 0 Å². The van der Waals surface area contributed by atoms with Crippen molar-refractivity contribution in [1.82, 2.24) is 14.1 Å². The predicted octanol–water partition coefficient (Wildman–Crippen LogP) is 21.1. The first-order chi connectivity index (χ1) is 45.3. The summed E-state index contributed by atoms with van der Waals surface area (Å²) >= 11 is 2.47. The maximum absolute atomic E-state index is 9.00. The summed E-state index contributed by atoms with van der Waals surface area (Å²) in [5, 5.41) is 0. The van der Waals surface area contributed by atoms with E-state index in [2.05, 4.69) is 298 Å². The molecule has 0 amide bonds. The molecule has 0 bridgehead atoms. The number of rotatable bonds is 9. The molecule has 0 aliphatic carbocycles. The minimum atomic E-state index is -0.963. The van der Waals surface area contributed by atoms with E-state index in [0.29, 0.717) is 34.1 Å². The number of pyridine rings is 1. The van der Waals surface area contributed by atoms with Crippen molar-refractivity contribution in [3.05, 3.63) is 322 Å². The standard InChI is InChI=1S/C82H65N5O.Pt/c1-55-48-78(83-53-67(55)58-30-16-10-17-31-58)87-72-39-21-20-38-68(72)82(69-45-42-59(80(2,3)4)49-75(69)86(61-32-18-11-19-33-61)76-50-60(81(5,6)7)43-46-70(76)82)71-47-44-64(52-77(71)87)88-63-35-24-34-62(51-63)84-54-85(74-41-23-22-40-73(74)84)79-65(56-26-12-8-13-27-56)36-25-37-66(79)57-28-14-9-15-29-57;/h8-50,53H,1-7H3;/q-2;/i10D,16D,17D,30D,31D;. The molecule has 2 aliphatic heterocycles. The van der Waals surface area contributed by atoms with Crippen molar-refractivity contribution in [2.75, 3.05) is 9.80 Å². The van der Waals surface area contributed by atoms with Crippen LogP contribution in [0.5, 0.6) is 11.5 Å². The minimum absolute atomic E-state index is 0.0932. The molecule has 2 aromatic heterocycles. The third kappa shape index (κ3) is 9.34. The van der Waals surface area contributed by atoms with Gasteiger partial charge in [0.05, 0.1) is 18.2 Å². The second-order valence-electron chi connectivity index (χ2n) is 25.0. The van der Waals surface area contributed by atoms with E-state index >= 15 is 0 Å². The Hall–Kier alpha value is -9.87. The average molecular weight is 1340 g/mol. The van der Waals surface area contributed by atoms with Gasteiger partial charge in [0, 0.05) is 17.4 Å². The Morgan fingerprint density at radius 2 is 1.01 bits per heavy atom. The van der Waals surface area contributed by atoms with Crippen molar-refractivity contribution in [3.8, 4) is 56.3 Å². The van der Waals surface area contributed by atoms with Crippen molar-refractivity contribution < 1.29 is 30.9 Å². The second kappa shape index (κ2) is 21.8. The summed E-state index contributed by atoms with van der Waals surface area (Å²) in [6.45, 7) is 15.5. The molecule has 0 radical (unpaired) electrons. The third-order valence-electron chi connectivity index (χ3n) is 17.5. The number of benzene rings is 11. The van der Waals surface area contributed by atoms with Gasteiger partial charge in [-0.05, 0) is 64.3 Å². The van der Waals surface area contributed by atoms with Gasteiger partial charge in [-0.15, -0.1) is 0 Å². The first kappa shape index (κ1) is 50.2. The number of fused-ring (bicyclic) bond motifs is 9. The van der Waals surface area contributed by atoms with Gasteiger partial charge in [0.2, 0.25) is 0 Å². The first-order valence-corrected chi connectivity index (χ1v) is 31.2. The van der Waals surface area contributed by atoms with Crippen molar-refractivity contribution in [3.63, 3.8) is 0 Å². The Balaban J connectivity index is 0.950. The van der Waals surface area contributed by atoms with Crippen LogP contribution in [0.25, 0.3) is 55.8 Å². The van der Waals surface area contributed by atoms with Crippen LogP contribution in [0.3, 0.4) is 0 Å². The molecule has 0 saturated heterocycles. The van der Waals surface area contributed by atoms with Crippen molar-refractivity contribution in [1.29, 1.82) is 0 Å². The van der Waals surface area contributed by atoms with Crippen LogP contribution in [-0.2, 0) is 35.6 Å². The van der Waals surface area contributed by atoms with Gasteiger partial charge in [0.1, 0.15) is 0 Å². The van der Waals surface area contributed by atoms with Crippen molar-refractivity contribution in [2.45, 2.75) is 64.7 Å². The van der Waals surface area contributed by atoms with Gasteiger partial charge < -0.3 is 4.90 Å². The van der Waals surface area contributed by atoms with E-state index in [9.17, 15) is 0 Å². The number of imidazole rings is 1. The molecule has 436 valence electrons. The van der Waals surface area contributed by atoms with Crippen LogP contribution < -0.4 is 14.5 Å². The van der Waals surface area contributed by atoms with E-state index in [1.54, 1.807) is 6.20 Å². The zero-order valence-electron chi connectivity index (χ0n) is 55.5. The number of aromatic nitrogens is 3. The Kier molecular flexibility index (Phi) is 12.3. The fraction of sp³-hybridized carbons (Fsp3) is 0.122. The Bertz CT molecular complexity index is 5110. The monoisotopic (exact) mass is 1340 g/mol. The number of para-hydroxylation sites is 5. The number of nitrogens with zero attached hydrogens (tertiary/aromatic N) is 5. The number of aryl methyl sites for hydroxylation is 1. The third-order valence-corrected chi connectivity index (χ3v) is 18.6. The summed E-state index contributed by atoms with van der Waals surface area (Å²) < 4.78 is 56.3. The molecule has 6 nitrogen and oxygen atoms in total. The zero-order valence-corrected chi connectivity index (χ0v) is 52.7. The molecule has 89 heavy (non-hydrogen) atoms. The SMILES string of the molecule is [2H]c1c([2H])c([2H])c(-c2cnc(N3c4[c-]c(Oc5[c-]c(-n6[c](=[Pt])n(-c7c(-c8ccccc8)cccc7-c7ccccc7)c7ccccc76)ccc5)ccc4C4(c5ccccc53)c3ccc(C(C)(C)C)cc3N(c3ccccc3)c3cc(C(C)(C)C)ccc34)cc2C)c([2H])c1[2H]. The summed E-state index contributed by atoms with van der Waals surface area (Å²) in [7, 11) is 0. The van der Waals surface area contributed by atoms with E-state index in [-0.39, 0.29) is 28.5 Å². The van der Waals surface area contributed by atoms with Crippen LogP contribution in [0.4, 0.5) is 34.3 Å². The molecule has 7 heteroatoms. The molecule has 11 aromatic carbocycles. The Morgan fingerprint density at radius 1 is 0.472 bits per heavy atom. The summed E-state index contributed by atoms with van der Waals surface area (Å²) in [5.41, 5.74) is 19.4. The van der Waals surface area contributed by atoms with Crippen LogP contribution in [0, 0.1) is 22.9 Å². The van der Waals surface area contributed by atoms with Crippen LogP contribution in [0.2, 0.25) is 0 Å². The normalized spacial score (nSPS) is 14.0. The summed E-state index contributed by atoms with van der Waals surface area (Å²) in [6.07, 6.45) is 1.63. The summed E-state index contributed by atoms with van der Waals surface area (Å²) in [4.78, 5) is 9.81. The van der Waals surface area contributed by atoms with Gasteiger partial charge in [-0.2, -0.15) is 0 Å². The number of hydrogen-bond donors (Lipinski definition) is 0. The molecular weight excluding hydrogens is 1270 g/mol. The van der Waals surface area contributed by atoms with Crippen LogP contribution in [0.15, 0.2) is 267 Å². The molecule has 15 rings (SSSR count). The first-order valence-electron chi connectivity index (χ1n) is 32.6. The van der Waals surface area contributed by atoms with Crippen LogP contribution >= 0.6 is 0 Å². The van der Waals surface area contributed by atoms with E-state index in [4.69, 9.17) is 16.6 Å². The fourth-order valence-corrected chi connectivity index (χ4v) is 14.4. The van der Waals surface area contributed by atoms with E-state index in [0.717, 1.165) is 93.5 Å². The van der Waals surface area contributed by atoms with Crippen molar-refractivity contribution >= 4 is 45.3 Å². The molecule has 2 aliphatic rings. The van der Waals surface area contributed by atoms with E-state index < -0.39 is 23.5 Å². The van der Waals surface area contributed by atoms with Gasteiger partial charge in [0.15, 0.2) is 0 Å². The molecule has 4 heterocycles. The molecule has 0 saturated carbocycles. The topological polar surface area (TPSA) is 38.5 Å². The molecule has 0 unspecified atom stereocenters. The Morgan fingerprint density at radius 3 is 1.63 bits per heavy atom. The van der Waals surface area contributed by atoms with Gasteiger partial charge in [-0.25, -0.2) is 0 Å². The maximum atomic E-state index is 9.00. The van der Waals surface area contributed by atoms with E-state index in [1.165, 1.54) is 11.1 Å². The molecular formula is C82H65N5OPt-2. The van der Waals surface area contributed by atoms with Gasteiger partial charge >= 0.3 is 306 Å². The number of hydrogen-bond acceptors (Lipinski definition) is 4. The predicted molar refractivity (Wildman–Crippen MR) is 361 cm³/mol. The summed E-state index contributed by atoms with van der Waals surface area (Å²) in [5.74, 6) is 1.47. The minimum Gasteiger partial charge on any atom is -0.310 e. The number of anilines is 6. The van der Waals surface area contributed by atoms with Gasteiger partial charge in [0.25, 0.3) is 0 Å². The van der Waals surface area contributed by atoms with Gasteiger partial charge in [-0.1, -0.05) is 132 Å². The average Bonchev–Trinajstić information content (AvgIpc) is 0.850. The van der Waals surface area contributed by atoms with Crippen LogP contribution in [0.1, 0.15) is 87.3 Å². The molecule has 0 fully saturated rings. The molecule has 0 atom stereocenters. The number of ether oxygens (including phenoxy) is 1. The quantitative estimate of drug-likeness (QED) is 0.135. The Labute approximate surface area is 539 Å². The van der Waals surface area contributed by atoms with Crippen LogP contribution in [-0.4, -0.2) is 14.1 Å². The summed E-state index contributed by atoms with van der Waals surface area (Å²) in [6, 6.07) is 87.5. The second-order valence-corrected chi connectivity index (χ2v) is 26.0. The molecule has 0 N–H and O–H groups in total. The molecule has 13 aromatic rings. The molecule has 1 spiro atoms. The fourth-order valence-electron chi connectivity index (χ4n) is 13.3. The van der Waals surface area contributed by atoms with Crippen molar-refractivity contribution in [2.24, 2.45) is 0 Å². The zero-order chi connectivity index (χ0) is 65.1. The smallest absolute Gasteiger partial charge is 0.310 e.